The molecule has 2 aromatic heterocycles. The zero-order valence-electron chi connectivity index (χ0n) is 19.8. The molecular formula is C21H32N3O8PS. The largest absolute Gasteiger partial charge is 0.388 e. The summed E-state index contributed by atoms with van der Waals surface area (Å²) in [6, 6.07) is 0. The molecule has 13 heteroatoms. The van der Waals surface area contributed by atoms with Crippen LogP contribution in [0.1, 0.15) is 64.2 Å². The molecule has 0 spiro atoms. The van der Waals surface area contributed by atoms with Crippen molar-refractivity contribution in [2.24, 2.45) is 0 Å². The van der Waals surface area contributed by atoms with E-state index >= 15 is 0 Å². The molecule has 0 radical (unpaired) electrons. The van der Waals surface area contributed by atoms with Gasteiger partial charge in [0.05, 0.1) is 11.7 Å². The molecule has 0 bridgehead atoms. The Morgan fingerprint density at radius 2 is 1.91 bits per heavy atom. The van der Waals surface area contributed by atoms with Crippen LogP contribution < -0.4 is 5.56 Å². The molecule has 0 amide bonds. The average molecular weight is 518 g/mol. The van der Waals surface area contributed by atoms with Gasteiger partial charge in [0.1, 0.15) is 23.0 Å². The zero-order chi connectivity index (χ0) is 25.6. The van der Waals surface area contributed by atoms with Crippen LogP contribution in [-0.2, 0) is 13.8 Å². The normalized spacial score (nSPS) is 28.4. The van der Waals surface area contributed by atoms with E-state index in [0.29, 0.717) is 11.1 Å². The number of nitrogens with zero attached hydrogens (tertiary/aromatic N) is 2. The summed E-state index contributed by atoms with van der Waals surface area (Å²) in [5.74, 6) is 0.225. The van der Waals surface area contributed by atoms with Gasteiger partial charge in [-0.2, -0.15) is 0 Å². The lowest BCUT2D eigenvalue weighted by atomic mass is 9.92. The Kier molecular flexibility index (Phi) is 7.58. The van der Waals surface area contributed by atoms with Crippen LogP contribution >= 0.6 is 19.8 Å². The standard InChI is InChI=1S/C21H32N3O8PS/c1-6-20(4,32-33(29,30)21(5,28)7-2)8-13-14(25)15(26)16(31-13)12-10-24-9-11(3)17(27)22-19(24)23-18(12)34/h9-10,13-16,25-26,28H,6-8H2,1-5H3,(H,29,30)(H,22,23,27,34)/t13-,14?,15+,16+,20?,21?/m1/s1. The topological polar surface area (TPSA) is 167 Å². The first-order valence-corrected chi connectivity index (χ1v) is 13.0. The van der Waals surface area contributed by atoms with Gasteiger partial charge in [-0.1, -0.05) is 26.1 Å². The van der Waals surface area contributed by atoms with E-state index < -0.39 is 43.0 Å². The number of ether oxygens (including phenoxy) is 1. The Balaban J connectivity index is 1.89. The lowest BCUT2D eigenvalue weighted by Crippen LogP contribution is -2.40. The smallest absolute Gasteiger partial charge is 0.359 e. The summed E-state index contributed by atoms with van der Waals surface area (Å²) in [5.41, 5.74) is -0.758. The van der Waals surface area contributed by atoms with E-state index in [1.165, 1.54) is 6.92 Å². The number of aliphatic hydroxyl groups is 3. The Morgan fingerprint density at radius 3 is 2.50 bits per heavy atom. The van der Waals surface area contributed by atoms with Crippen LogP contribution in [0.25, 0.3) is 5.78 Å². The van der Waals surface area contributed by atoms with Gasteiger partial charge < -0.3 is 29.5 Å². The van der Waals surface area contributed by atoms with E-state index in [4.69, 9.17) is 21.5 Å². The molecule has 7 atom stereocenters. The molecular weight excluding hydrogens is 485 g/mol. The van der Waals surface area contributed by atoms with Crippen LogP contribution in [0.5, 0.6) is 0 Å². The van der Waals surface area contributed by atoms with Crippen LogP contribution in [0.2, 0.25) is 0 Å². The third-order valence-electron chi connectivity index (χ3n) is 6.57. The predicted molar refractivity (Wildman–Crippen MR) is 126 cm³/mol. The zero-order valence-corrected chi connectivity index (χ0v) is 21.5. The third kappa shape index (κ3) is 5.05. The maximum absolute atomic E-state index is 12.7. The van der Waals surface area contributed by atoms with Gasteiger partial charge in [0.15, 0.2) is 5.34 Å². The number of fused-ring (bicyclic) bond motifs is 1. The number of hydrogen-bond donors (Lipinski definition) is 5. The van der Waals surface area contributed by atoms with Crippen LogP contribution in [-0.4, -0.2) is 63.8 Å². The highest BCUT2D eigenvalue weighted by molar-refractivity contribution is 7.71. The molecule has 1 aliphatic heterocycles. The fraction of sp³-hybridized carbons (Fsp3) is 0.667. The number of H-pyrrole nitrogens is 1. The Bertz CT molecular complexity index is 1230. The highest BCUT2D eigenvalue weighted by atomic mass is 32.1. The Morgan fingerprint density at radius 1 is 1.26 bits per heavy atom. The predicted octanol–water partition coefficient (Wildman–Crippen LogP) is 2.10. The summed E-state index contributed by atoms with van der Waals surface area (Å²) < 4.78 is 25.9. The Labute approximate surface area is 201 Å². The molecule has 1 aliphatic rings. The van der Waals surface area contributed by atoms with Crippen molar-refractivity contribution in [1.29, 1.82) is 0 Å². The molecule has 0 aromatic carbocycles. The Hall–Kier alpha value is -1.50. The average Bonchev–Trinajstić information content (AvgIpc) is 3.02. The number of aryl methyl sites for hydroxylation is 1. The van der Waals surface area contributed by atoms with Crippen LogP contribution in [0.3, 0.4) is 0 Å². The summed E-state index contributed by atoms with van der Waals surface area (Å²) >= 11 is 5.34. The van der Waals surface area contributed by atoms with Crippen molar-refractivity contribution in [1.82, 2.24) is 14.4 Å². The molecule has 34 heavy (non-hydrogen) atoms. The fourth-order valence-electron chi connectivity index (χ4n) is 3.78. The van der Waals surface area contributed by atoms with Crippen molar-refractivity contribution >= 4 is 25.6 Å². The number of rotatable bonds is 8. The number of hydrogen-bond acceptors (Lipinski definition) is 9. The maximum Gasteiger partial charge on any atom is 0.359 e. The van der Waals surface area contributed by atoms with Crippen LogP contribution in [0.4, 0.5) is 0 Å². The van der Waals surface area contributed by atoms with Crippen LogP contribution in [0.15, 0.2) is 17.2 Å². The summed E-state index contributed by atoms with van der Waals surface area (Å²) in [7, 11) is -4.45. The van der Waals surface area contributed by atoms with Gasteiger partial charge in [-0.25, -0.2) is 4.98 Å². The van der Waals surface area contributed by atoms with E-state index in [-0.39, 0.29) is 35.2 Å². The molecule has 4 unspecified atom stereocenters. The molecule has 2 aromatic rings. The van der Waals surface area contributed by atoms with E-state index in [1.54, 1.807) is 44.5 Å². The van der Waals surface area contributed by atoms with Crippen molar-refractivity contribution < 1.29 is 34.0 Å². The van der Waals surface area contributed by atoms with Crippen molar-refractivity contribution in [3.05, 3.63) is 38.5 Å². The maximum atomic E-state index is 12.7. The quantitative estimate of drug-likeness (QED) is 0.258. The fourth-order valence-corrected chi connectivity index (χ4v) is 5.43. The van der Waals surface area contributed by atoms with Gasteiger partial charge >= 0.3 is 7.60 Å². The molecule has 3 rings (SSSR count). The second kappa shape index (κ2) is 9.51. The summed E-state index contributed by atoms with van der Waals surface area (Å²) in [6.07, 6.45) is -1.28. The SMILES string of the molecule is CCC(C)(C[C@H]1O[C@@H](c2cn3cc(C)c(=O)[nH]c3nc2=S)[C@@H](O)C1O)OP(=O)(O)C(C)(O)CC. The van der Waals surface area contributed by atoms with E-state index in [2.05, 4.69) is 9.97 Å². The van der Waals surface area contributed by atoms with Crippen LogP contribution in [0, 0.1) is 11.6 Å². The number of aliphatic hydroxyl groups excluding tert-OH is 2. The molecule has 5 N–H and O–H groups in total. The summed E-state index contributed by atoms with van der Waals surface area (Å²) in [4.78, 5) is 29.1. The summed E-state index contributed by atoms with van der Waals surface area (Å²) in [5, 5.41) is 29.8. The molecule has 0 saturated carbocycles. The van der Waals surface area contributed by atoms with Gasteiger partial charge in [0.2, 0.25) is 5.78 Å². The second-order valence-electron chi connectivity index (χ2n) is 9.26. The van der Waals surface area contributed by atoms with Crippen molar-refractivity contribution in [2.45, 2.75) is 89.2 Å². The lowest BCUT2D eigenvalue weighted by Gasteiger charge is -2.37. The summed E-state index contributed by atoms with van der Waals surface area (Å²) in [6.45, 7) is 7.76. The minimum atomic E-state index is -4.45. The van der Waals surface area contributed by atoms with Crippen molar-refractivity contribution in [3.63, 3.8) is 0 Å². The van der Waals surface area contributed by atoms with E-state index in [1.807, 2.05) is 0 Å². The second-order valence-corrected chi connectivity index (χ2v) is 11.8. The first-order chi connectivity index (χ1) is 15.6. The molecule has 1 saturated heterocycles. The van der Waals surface area contributed by atoms with E-state index in [9.17, 15) is 29.6 Å². The molecule has 0 aliphatic carbocycles. The third-order valence-corrected chi connectivity index (χ3v) is 9.11. The van der Waals surface area contributed by atoms with E-state index in [0.717, 1.165) is 0 Å². The first-order valence-electron chi connectivity index (χ1n) is 11.0. The van der Waals surface area contributed by atoms with Crippen molar-refractivity contribution in [2.75, 3.05) is 0 Å². The van der Waals surface area contributed by atoms with Gasteiger partial charge in [-0.05, 0) is 33.6 Å². The number of aromatic amines is 1. The lowest BCUT2D eigenvalue weighted by molar-refractivity contribution is -0.0532. The highest BCUT2D eigenvalue weighted by Crippen LogP contribution is 2.59. The van der Waals surface area contributed by atoms with Crippen molar-refractivity contribution in [3.8, 4) is 0 Å². The molecule has 190 valence electrons. The number of nitrogens with one attached hydrogen (secondary N) is 1. The van der Waals surface area contributed by atoms with Gasteiger partial charge in [0, 0.05) is 29.9 Å². The molecule has 11 nitrogen and oxygen atoms in total. The minimum absolute atomic E-state index is 0.00287. The monoisotopic (exact) mass is 517 g/mol. The van der Waals surface area contributed by atoms with Gasteiger partial charge in [0.25, 0.3) is 5.56 Å². The molecule has 1 fully saturated rings. The number of aromatic nitrogens is 3. The van der Waals surface area contributed by atoms with Gasteiger partial charge in [-0.3, -0.25) is 18.7 Å². The molecule has 3 heterocycles. The highest BCUT2D eigenvalue weighted by Gasteiger charge is 2.50. The van der Waals surface area contributed by atoms with Gasteiger partial charge in [-0.15, -0.1) is 0 Å². The first kappa shape index (κ1) is 27.1. The minimum Gasteiger partial charge on any atom is -0.388 e.